The molecule has 10 nitrogen and oxygen atoms in total. The first-order chi connectivity index (χ1) is 16.1. The van der Waals surface area contributed by atoms with E-state index >= 15 is 0 Å². The van der Waals surface area contributed by atoms with Crippen molar-refractivity contribution in [2.45, 2.75) is 66.2 Å². The summed E-state index contributed by atoms with van der Waals surface area (Å²) in [6.45, 7) is 10.6. The van der Waals surface area contributed by atoms with Crippen LogP contribution in [0.25, 0.3) is 0 Å². The van der Waals surface area contributed by atoms with Crippen LogP contribution in [0.2, 0.25) is 0 Å². The standard InChI is InChI=1S/C24H37N5O5/c1-7-28(6)21(30)9-8-12-33-19-10-11-20-18(13-19)14-29(15-22(31)34-17(4)5)23(26-20)27-24(32)25-16(2)3/h10-11,13,16-17H,7-9,12,14-15H2,1-6H3,(H2,25,26,27,32). The van der Waals surface area contributed by atoms with Gasteiger partial charge in [-0.15, -0.1) is 0 Å². The molecule has 10 heteroatoms. The maximum atomic E-state index is 12.3. The van der Waals surface area contributed by atoms with E-state index in [9.17, 15) is 14.4 Å². The lowest BCUT2D eigenvalue weighted by Crippen LogP contribution is -2.51. The second-order valence-electron chi connectivity index (χ2n) is 8.73. The molecule has 1 aromatic rings. The van der Waals surface area contributed by atoms with Crippen molar-refractivity contribution >= 4 is 29.6 Å². The van der Waals surface area contributed by atoms with Crippen LogP contribution in [-0.2, 0) is 20.9 Å². The highest BCUT2D eigenvalue weighted by atomic mass is 16.5. The van der Waals surface area contributed by atoms with E-state index in [1.807, 2.05) is 32.9 Å². The topological polar surface area (TPSA) is 113 Å². The molecule has 0 spiro atoms. The predicted molar refractivity (Wildman–Crippen MR) is 130 cm³/mol. The van der Waals surface area contributed by atoms with Gasteiger partial charge in [0.25, 0.3) is 0 Å². The van der Waals surface area contributed by atoms with Crippen LogP contribution in [0.5, 0.6) is 5.75 Å². The number of rotatable bonds is 10. The fourth-order valence-corrected chi connectivity index (χ4v) is 3.23. The smallest absolute Gasteiger partial charge is 0.325 e. The van der Waals surface area contributed by atoms with Gasteiger partial charge in [-0.25, -0.2) is 9.79 Å². The van der Waals surface area contributed by atoms with Gasteiger partial charge in [0.1, 0.15) is 12.3 Å². The molecule has 0 unspecified atom stereocenters. The van der Waals surface area contributed by atoms with Gasteiger partial charge in [0, 0.05) is 38.2 Å². The quantitative estimate of drug-likeness (QED) is 0.398. The summed E-state index contributed by atoms with van der Waals surface area (Å²) in [6, 6.07) is 5.03. The molecule has 1 aromatic carbocycles. The second kappa shape index (κ2) is 12.8. The number of aliphatic imine (C=N–C) groups is 1. The predicted octanol–water partition coefficient (Wildman–Crippen LogP) is 2.79. The molecule has 1 aliphatic heterocycles. The fourth-order valence-electron chi connectivity index (χ4n) is 3.23. The van der Waals surface area contributed by atoms with Gasteiger partial charge < -0.3 is 24.6 Å². The van der Waals surface area contributed by atoms with Crippen LogP contribution in [0, 0.1) is 0 Å². The van der Waals surface area contributed by atoms with Gasteiger partial charge >= 0.3 is 12.0 Å². The van der Waals surface area contributed by atoms with E-state index < -0.39 is 12.0 Å². The van der Waals surface area contributed by atoms with Crippen molar-refractivity contribution < 1.29 is 23.9 Å². The van der Waals surface area contributed by atoms with E-state index in [2.05, 4.69) is 15.6 Å². The van der Waals surface area contributed by atoms with E-state index in [0.29, 0.717) is 44.0 Å². The number of esters is 1. The number of urea groups is 1. The Balaban J connectivity index is 2.10. The summed E-state index contributed by atoms with van der Waals surface area (Å²) in [6.07, 6.45) is 0.801. The molecule has 3 amide bonds. The van der Waals surface area contributed by atoms with Gasteiger partial charge in [-0.2, -0.15) is 0 Å². The van der Waals surface area contributed by atoms with Crippen LogP contribution >= 0.6 is 0 Å². The number of benzene rings is 1. The number of amides is 3. The first kappa shape index (κ1) is 26.9. The summed E-state index contributed by atoms with van der Waals surface area (Å²) >= 11 is 0. The van der Waals surface area contributed by atoms with Gasteiger partial charge in [-0.1, -0.05) is 0 Å². The molecule has 0 saturated heterocycles. The molecule has 0 bridgehead atoms. The third-order valence-corrected chi connectivity index (χ3v) is 4.97. The van der Waals surface area contributed by atoms with Crippen molar-refractivity contribution in [3.8, 4) is 5.75 Å². The van der Waals surface area contributed by atoms with Crippen molar-refractivity contribution in [2.75, 3.05) is 26.7 Å². The van der Waals surface area contributed by atoms with E-state index in [1.165, 1.54) is 0 Å². The van der Waals surface area contributed by atoms with Crippen LogP contribution in [0.15, 0.2) is 23.2 Å². The molecule has 2 N–H and O–H groups in total. The molecule has 188 valence electrons. The highest BCUT2D eigenvalue weighted by molar-refractivity contribution is 5.99. The fraction of sp³-hybridized carbons (Fsp3) is 0.583. The van der Waals surface area contributed by atoms with Crippen molar-refractivity contribution in [3.63, 3.8) is 0 Å². The zero-order chi connectivity index (χ0) is 25.3. The lowest BCUT2D eigenvalue weighted by atomic mass is 10.1. The third kappa shape index (κ3) is 8.57. The monoisotopic (exact) mass is 475 g/mol. The SMILES string of the molecule is CCN(C)C(=O)CCCOc1ccc2c(c1)CN(CC(=O)OC(C)C)C(NC(=O)NC(C)C)=N2. The van der Waals surface area contributed by atoms with Crippen LogP contribution < -0.4 is 15.4 Å². The summed E-state index contributed by atoms with van der Waals surface area (Å²) in [5, 5.41) is 5.49. The molecule has 0 aliphatic carbocycles. The number of ether oxygens (including phenoxy) is 2. The minimum Gasteiger partial charge on any atom is -0.494 e. The summed E-state index contributed by atoms with van der Waals surface area (Å²) in [5.41, 5.74) is 1.53. The Labute approximate surface area is 201 Å². The van der Waals surface area contributed by atoms with Crippen LogP contribution in [0.4, 0.5) is 10.5 Å². The summed E-state index contributed by atoms with van der Waals surface area (Å²) in [4.78, 5) is 44.4. The summed E-state index contributed by atoms with van der Waals surface area (Å²) < 4.78 is 11.1. The normalized spacial score (nSPS) is 12.7. The zero-order valence-electron chi connectivity index (χ0n) is 21.0. The molecule has 0 aromatic heterocycles. The number of guanidine groups is 1. The number of carbonyl (C=O) groups excluding carboxylic acids is 3. The van der Waals surface area contributed by atoms with Crippen molar-refractivity contribution in [1.82, 2.24) is 20.4 Å². The largest absolute Gasteiger partial charge is 0.494 e. The molecule has 2 rings (SSSR count). The highest BCUT2D eigenvalue weighted by Crippen LogP contribution is 2.29. The third-order valence-electron chi connectivity index (χ3n) is 4.97. The number of hydrogen-bond acceptors (Lipinski definition) is 7. The second-order valence-corrected chi connectivity index (χ2v) is 8.73. The number of nitrogens with zero attached hydrogens (tertiary/aromatic N) is 3. The lowest BCUT2D eigenvalue weighted by Gasteiger charge is -2.30. The van der Waals surface area contributed by atoms with Crippen LogP contribution in [0.1, 0.15) is 53.0 Å². The molecular formula is C24H37N5O5. The Hall–Kier alpha value is -3.30. The highest BCUT2D eigenvalue weighted by Gasteiger charge is 2.25. The summed E-state index contributed by atoms with van der Waals surface area (Å²) in [7, 11) is 1.78. The minimum atomic E-state index is -0.411. The zero-order valence-corrected chi connectivity index (χ0v) is 21.0. The maximum absolute atomic E-state index is 12.3. The molecule has 1 aliphatic rings. The Bertz CT molecular complexity index is 900. The molecule has 0 atom stereocenters. The Morgan fingerprint density at radius 2 is 1.94 bits per heavy atom. The van der Waals surface area contributed by atoms with Crippen molar-refractivity contribution in [3.05, 3.63) is 23.8 Å². The number of nitrogens with one attached hydrogen (secondary N) is 2. The molecule has 0 fully saturated rings. The molecule has 0 radical (unpaired) electrons. The number of carbonyl (C=O) groups is 3. The number of fused-ring (bicyclic) bond motifs is 1. The Kier molecular flexibility index (Phi) is 10.2. The lowest BCUT2D eigenvalue weighted by molar-refractivity contribution is -0.147. The van der Waals surface area contributed by atoms with Crippen molar-refractivity contribution in [1.29, 1.82) is 0 Å². The Morgan fingerprint density at radius 1 is 1.21 bits per heavy atom. The molecule has 1 heterocycles. The van der Waals surface area contributed by atoms with E-state index in [0.717, 1.165) is 5.56 Å². The maximum Gasteiger partial charge on any atom is 0.325 e. The minimum absolute atomic E-state index is 0.0480. The van der Waals surface area contributed by atoms with Gasteiger partial charge in [0.2, 0.25) is 11.9 Å². The molecule has 34 heavy (non-hydrogen) atoms. The molecule has 0 saturated carbocycles. The average molecular weight is 476 g/mol. The summed E-state index contributed by atoms with van der Waals surface area (Å²) in [5.74, 6) is 0.616. The van der Waals surface area contributed by atoms with Gasteiger partial charge in [-0.05, 0) is 59.2 Å². The number of hydrogen-bond donors (Lipinski definition) is 2. The first-order valence-corrected chi connectivity index (χ1v) is 11.7. The van der Waals surface area contributed by atoms with Crippen LogP contribution in [0.3, 0.4) is 0 Å². The van der Waals surface area contributed by atoms with Gasteiger partial charge in [0.05, 0.1) is 18.4 Å². The van der Waals surface area contributed by atoms with Gasteiger partial charge in [-0.3, -0.25) is 14.9 Å². The molecular weight excluding hydrogens is 438 g/mol. The van der Waals surface area contributed by atoms with E-state index in [-0.39, 0.29) is 30.6 Å². The average Bonchev–Trinajstić information content (AvgIpc) is 2.75. The van der Waals surface area contributed by atoms with E-state index in [1.54, 1.807) is 36.8 Å². The van der Waals surface area contributed by atoms with E-state index in [4.69, 9.17) is 9.47 Å². The Morgan fingerprint density at radius 3 is 2.59 bits per heavy atom. The van der Waals surface area contributed by atoms with Crippen molar-refractivity contribution in [2.24, 2.45) is 4.99 Å². The first-order valence-electron chi connectivity index (χ1n) is 11.7. The van der Waals surface area contributed by atoms with Crippen LogP contribution in [-0.4, -0.2) is 72.6 Å². The van der Waals surface area contributed by atoms with Gasteiger partial charge in [0.15, 0.2) is 0 Å².